The van der Waals surface area contributed by atoms with Gasteiger partial charge in [-0.1, -0.05) is 31.4 Å². The molecule has 0 aromatic heterocycles. The third-order valence-corrected chi connectivity index (χ3v) is 3.46. The van der Waals surface area contributed by atoms with Gasteiger partial charge in [0.15, 0.2) is 0 Å². The van der Waals surface area contributed by atoms with Crippen LogP contribution in [0.5, 0.6) is 0 Å². The molecule has 96 valence electrons. The summed E-state index contributed by atoms with van der Waals surface area (Å²) in [6.07, 6.45) is 4.78. The van der Waals surface area contributed by atoms with E-state index in [0.29, 0.717) is 6.54 Å². The lowest BCUT2D eigenvalue weighted by Crippen LogP contribution is -2.28. The topological polar surface area (TPSA) is 66.4 Å². The number of hydrogen-bond donors (Lipinski definition) is 2. The highest BCUT2D eigenvalue weighted by molar-refractivity contribution is 6.04. The number of carboxylic acids is 1. The first-order chi connectivity index (χ1) is 8.68. The van der Waals surface area contributed by atoms with E-state index in [2.05, 4.69) is 5.32 Å². The first-order valence-electron chi connectivity index (χ1n) is 6.29. The normalized spacial score (nSPS) is 14.9. The summed E-state index contributed by atoms with van der Waals surface area (Å²) in [6.45, 7) is 0.622. The Hall–Kier alpha value is -1.84. The summed E-state index contributed by atoms with van der Waals surface area (Å²) in [5.74, 6) is -0.632. The van der Waals surface area contributed by atoms with Gasteiger partial charge in [-0.05, 0) is 24.5 Å². The van der Waals surface area contributed by atoms with Gasteiger partial charge in [0, 0.05) is 6.54 Å². The number of nitrogens with one attached hydrogen (secondary N) is 1. The fraction of sp³-hybridized carbons (Fsp3) is 0.429. The Labute approximate surface area is 106 Å². The lowest BCUT2D eigenvalue weighted by molar-refractivity contribution is 0.0691. The molecule has 1 aliphatic rings. The molecule has 1 saturated carbocycles. The summed E-state index contributed by atoms with van der Waals surface area (Å²) >= 11 is 0. The number of carbonyl (C=O) groups excluding carboxylic acids is 1. The fourth-order valence-electron chi connectivity index (χ4n) is 2.13. The molecule has 2 N–H and O–H groups in total. The molecule has 0 aliphatic heterocycles. The second kappa shape index (κ2) is 5.67. The van der Waals surface area contributed by atoms with Crippen molar-refractivity contribution in [2.75, 3.05) is 6.54 Å². The Morgan fingerprint density at radius 3 is 2.44 bits per heavy atom. The molecule has 1 aromatic rings. The molecule has 0 unspecified atom stereocenters. The van der Waals surface area contributed by atoms with E-state index < -0.39 is 5.97 Å². The summed E-state index contributed by atoms with van der Waals surface area (Å²) in [5, 5.41) is 11.8. The van der Waals surface area contributed by atoms with Crippen LogP contribution in [-0.2, 0) is 0 Å². The van der Waals surface area contributed by atoms with Crippen molar-refractivity contribution in [1.82, 2.24) is 5.32 Å². The maximum Gasteiger partial charge on any atom is 0.336 e. The Kier molecular flexibility index (Phi) is 3.97. The molecule has 18 heavy (non-hydrogen) atoms. The van der Waals surface area contributed by atoms with Crippen molar-refractivity contribution in [3.8, 4) is 0 Å². The lowest BCUT2D eigenvalue weighted by atomic mass is 9.83. The zero-order valence-corrected chi connectivity index (χ0v) is 10.2. The summed E-state index contributed by atoms with van der Waals surface area (Å²) < 4.78 is 0. The van der Waals surface area contributed by atoms with Gasteiger partial charge in [0.2, 0.25) is 0 Å². The molecular weight excluding hydrogens is 230 g/mol. The average Bonchev–Trinajstić information content (AvgIpc) is 2.32. The van der Waals surface area contributed by atoms with E-state index in [-0.39, 0.29) is 17.0 Å². The molecular formula is C14H17NO3. The van der Waals surface area contributed by atoms with E-state index in [0.717, 1.165) is 12.3 Å². The van der Waals surface area contributed by atoms with Gasteiger partial charge in [-0.3, -0.25) is 4.79 Å². The zero-order valence-electron chi connectivity index (χ0n) is 10.2. The Bertz CT molecular complexity index is 452. The molecule has 1 fully saturated rings. The highest BCUT2D eigenvalue weighted by Gasteiger charge is 2.18. The first kappa shape index (κ1) is 12.6. The minimum absolute atomic E-state index is 0.0543. The number of aromatic carboxylic acids is 1. The van der Waals surface area contributed by atoms with E-state index in [9.17, 15) is 9.59 Å². The van der Waals surface area contributed by atoms with Gasteiger partial charge in [0.1, 0.15) is 0 Å². The summed E-state index contributed by atoms with van der Waals surface area (Å²) in [5.41, 5.74) is 0.289. The van der Waals surface area contributed by atoms with Crippen molar-refractivity contribution < 1.29 is 14.7 Å². The summed E-state index contributed by atoms with van der Waals surface area (Å²) in [7, 11) is 0. The molecule has 1 amide bonds. The van der Waals surface area contributed by atoms with Crippen molar-refractivity contribution >= 4 is 11.9 Å². The smallest absolute Gasteiger partial charge is 0.336 e. The Balaban J connectivity index is 1.93. The monoisotopic (exact) mass is 247 g/mol. The standard InChI is InChI=1S/C14H17NO3/c16-13(15-9-8-10-4-3-5-10)11-6-1-2-7-12(11)14(17)18/h1-2,6-7,10H,3-5,8-9H2,(H,15,16)(H,17,18). The molecule has 0 bridgehead atoms. The number of amides is 1. The first-order valence-corrected chi connectivity index (χ1v) is 6.29. The molecule has 0 saturated heterocycles. The van der Waals surface area contributed by atoms with Crippen LogP contribution < -0.4 is 5.32 Å². The van der Waals surface area contributed by atoms with Gasteiger partial charge in [0.05, 0.1) is 11.1 Å². The second-order valence-electron chi connectivity index (χ2n) is 4.69. The quantitative estimate of drug-likeness (QED) is 0.839. The highest BCUT2D eigenvalue weighted by atomic mass is 16.4. The third-order valence-electron chi connectivity index (χ3n) is 3.46. The maximum absolute atomic E-state index is 11.9. The summed E-state index contributed by atoms with van der Waals surface area (Å²) in [6, 6.07) is 6.28. The molecule has 1 aromatic carbocycles. The number of rotatable bonds is 5. The minimum Gasteiger partial charge on any atom is -0.478 e. The maximum atomic E-state index is 11.9. The lowest BCUT2D eigenvalue weighted by Gasteiger charge is -2.25. The predicted octanol–water partition coefficient (Wildman–Crippen LogP) is 2.30. The molecule has 1 aliphatic carbocycles. The molecule has 0 spiro atoms. The number of carboxylic acid groups (broad SMARTS) is 1. The fourth-order valence-corrected chi connectivity index (χ4v) is 2.13. The van der Waals surface area contributed by atoms with Crippen LogP contribution in [0.15, 0.2) is 24.3 Å². The van der Waals surface area contributed by atoms with Crippen LogP contribution >= 0.6 is 0 Å². The van der Waals surface area contributed by atoms with Gasteiger partial charge in [-0.15, -0.1) is 0 Å². The Morgan fingerprint density at radius 2 is 1.89 bits per heavy atom. The van der Waals surface area contributed by atoms with E-state index in [1.165, 1.54) is 25.3 Å². The Morgan fingerprint density at radius 1 is 1.22 bits per heavy atom. The van der Waals surface area contributed by atoms with Gasteiger partial charge < -0.3 is 10.4 Å². The van der Waals surface area contributed by atoms with E-state index in [1.807, 2.05) is 0 Å². The van der Waals surface area contributed by atoms with Crippen LogP contribution in [0.1, 0.15) is 46.4 Å². The van der Waals surface area contributed by atoms with Crippen molar-refractivity contribution in [2.24, 2.45) is 5.92 Å². The molecule has 4 nitrogen and oxygen atoms in total. The van der Waals surface area contributed by atoms with Crippen LogP contribution in [0.2, 0.25) is 0 Å². The molecule has 0 atom stereocenters. The van der Waals surface area contributed by atoms with E-state index in [4.69, 9.17) is 5.11 Å². The zero-order chi connectivity index (χ0) is 13.0. The van der Waals surface area contributed by atoms with Crippen LogP contribution in [0, 0.1) is 5.92 Å². The number of benzene rings is 1. The van der Waals surface area contributed by atoms with Gasteiger partial charge in [0.25, 0.3) is 5.91 Å². The highest BCUT2D eigenvalue weighted by Crippen LogP contribution is 2.28. The second-order valence-corrected chi connectivity index (χ2v) is 4.69. The SMILES string of the molecule is O=C(O)c1ccccc1C(=O)NCCC1CCC1. The van der Waals surface area contributed by atoms with Gasteiger partial charge in [-0.25, -0.2) is 4.79 Å². The van der Waals surface area contributed by atoms with Crippen LogP contribution in [0.3, 0.4) is 0 Å². The predicted molar refractivity (Wildman–Crippen MR) is 67.7 cm³/mol. The molecule has 0 heterocycles. The van der Waals surface area contributed by atoms with Crippen molar-refractivity contribution in [3.05, 3.63) is 35.4 Å². The van der Waals surface area contributed by atoms with Crippen molar-refractivity contribution in [2.45, 2.75) is 25.7 Å². The molecule has 4 heteroatoms. The van der Waals surface area contributed by atoms with Gasteiger partial charge >= 0.3 is 5.97 Å². The van der Waals surface area contributed by atoms with Crippen molar-refractivity contribution in [1.29, 1.82) is 0 Å². The summed E-state index contributed by atoms with van der Waals surface area (Å²) in [4.78, 5) is 22.9. The van der Waals surface area contributed by atoms with Crippen molar-refractivity contribution in [3.63, 3.8) is 0 Å². The van der Waals surface area contributed by atoms with E-state index >= 15 is 0 Å². The van der Waals surface area contributed by atoms with E-state index in [1.54, 1.807) is 18.2 Å². The van der Waals surface area contributed by atoms with Crippen LogP contribution in [-0.4, -0.2) is 23.5 Å². The largest absolute Gasteiger partial charge is 0.478 e. The molecule has 0 radical (unpaired) electrons. The molecule has 2 rings (SSSR count). The minimum atomic E-state index is -1.07. The third kappa shape index (κ3) is 2.88. The van der Waals surface area contributed by atoms with Crippen LogP contribution in [0.25, 0.3) is 0 Å². The van der Waals surface area contributed by atoms with Crippen LogP contribution in [0.4, 0.5) is 0 Å². The van der Waals surface area contributed by atoms with Gasteiger partial charge in [-0.2, -0.15) is 0 Å². The number of hydrogen-bond acceptors (Lipinski definition) is 2. The number of carbonyl (C=O) groups is 2. The average molecular weight is 247 g/mol.